The van der Waals surface area contributed by atoms with E-state index in [2.05, 4.69) is 31.7 Å². The van der Waals surface area contributed by atoms with Crippen LogP contribution in [0.1, 0.15) is 12.5 Å². The van der Waals surface area contributed by atoms with Gasteiger partial charge >= 0.3 is 0 Å². The summed E-state index contributed by atoms with van der Waals surface area (Å²) in [5, 5.41) is 0. The van der Waals surface area contributed by atoms with Gasteiger partial charge < -0.3 is 21.5 Å². The van der Waals surface area contributed by atoms with E-state index in [4.69, 9.17) is 5.73 Å². The Kier molecular flexibility index (Phi) is 6.49. The van der Waals surface area contributed by atoms with Crippen molar-refractivity contribution in [2.45, 2.75) is 13.5 Å². The van der Waals surface area contributed by atoms with Crippen LogP contribution >= 0.6 is 15.9 Å². The molecule has 1 fully saturated rings. The second kappa shape index (κ2) is 9.03. The number of anilines is 2. The Labute approximate surface area is 172 Å². The van der Waals surface area contributed by atoms with Gasteiger partial charge in [-0.3, -0.25) is 9.59 Å². The third kappa shape index (κ3) is 4.61. The maximum atomic E-state index is 12.2. The average molecular weight is 443 g/mol. The van der Waals surface area contributed by atoms with Crippen molar-refractivity contribution in [3.05, 3.63) is 69.8 Å². The molecular formula is C21H23BrN4O2. The summed E-state index contributed by atoms with van der Waals surface area (Å²) in [5.41, 5.74) is 16.7. The summed E-state index contributed by atoms with van der Waals surface area (Å²) in [6.45, 7) is 3.45. The molecule has 0 amide bonds. The van der Waals surface area contributed by atoms with E-state index in [-0.39, 0.29) is 0 Å². The van der Waals surface area contributed by atoms with Crippen LogP contribution in [-0.4, -0.2) is 25.2 Å². The number of nitrogens with zero attached hydrogens (tertiary/aromatic N) is 1. The molecule has 0 aromatic heterocycles. The number of rotatable bonds is 7. The highest BCUT2D eigenvalue weighted by Gasteiger charge is 2.34. The third-order valence-electron chi connectivity index (χ3n) is 4.90. The Bertz CT molecular complexity index is 878. The third-order valence-corrected chi connectivity index (χ3v) is 5.43. The molecule has 4 N–H and O–H groups in total. The Morgan fingerprint density at radius 3 is 2.50 bits per heavy atom. The van der Waals surface area contributed by atoms with Gasteiger partial charge in [0.15, 0.2) is 6.29 Å². The second-order valence-electron chi connectivity index (χ2n) is 6.73. The molecule has 1 aliphatic rings. The van der Waals surface area contributed by atoms with Crippen LogP contribution in [0, 0.1) is 5.92 Å². The summed E-state index contributed by atoms with van der Waals surface area (Å²) in [6.07, 6.45) is 0.418. The number of carbonyl (C=O) groups is 2. The first-order valence-corrected chi connectivity index (χ1v) is 9.81. The molecule has 0 spiro atoms. The fourth-order valence-corrected chi connectivity index (χ4v) is 3.52. The minimum absolute atomic E-state index is 0.402. The Hall–Kier alpha value is -2.64. The SMILES string of the molecule is CC(NNc1ccc(Br)cc1)=C1CN(c2ccc(CN)cc2)CC1C(=O)C=O. The highest BCUT2D eigenvalue weighted by atomic mass is 79.9. The normalized spacial score (nSPS) is 18.0. The quantitative estimate of drug-likeness (QED) is 0.347. The van der Waals surface area contributed by atoms with Gasteiger partial charge in [-0.05, 0) is 54.5 Å². The molecule has 0 aliphatic carbocycles. The molecule has 1 unspecified atom stereocenters. The van der Waals surface area contributed by atoms with Gasteiger partial charge in [0, 0.05) is 35.5 Å². The Morgan fingerprint density at radius 2 is 1.89 bits per heavy atom. The van der Waals surface area contributed by atoms with E-state index in [1.807, 2.05) is 55.5 Å². The molecule has 0 saturated carbocycles. The fourth-order valence-electron chi connectivity index (χ4n) is 3.25. The first-order valence-electron chi connectivity index (χ1n) is 9.02. The molecule has 28 heavy (non-hydrogen) atoms. The van der Waals surface area contributed by atoms with Gasteiger partial charge in [-0.2, -0.15) is 0 Å². The van der Waals surface area contributed by atoms with Gasteiger partial charge in [0.2, 0.25) is 5.78 Å². The maximum absolute atomic E-state index is 12.2. The number of carbonyl (C=O) groups excluding carboxylic acids is 2. The lowest BCUT2D eigenvalue weighted by atomic mass is 9.97. The molecule has 2 aromatic rings. The molecule has 2 aromatic carbocycles. The van der Waals surface area contributed by atoms with Crippen LogP contribution in [0.4, 0.5) is 11.4 Å². The van der Waals surface area contributed by atoms with Crippen LogP contribution in [0.25, 0.3) is 0 Å². The van der Waals surface area contributed by atoms with E-state index in [9.17, 15) is 9.59 Å². The maximum Gasteiger partial charge on any atom is 0.204 e. The number of halogens is 1. The van der Waals surface area contributed by atoms with E-state index in [0.717, 1.165) is 32.7 Å². The fraction of sp³-hybridized carbons (Fsp3) is 0.238. The summed E-state index contributed by atoms with van der Waals surface area (Å²) in [6, 6.07) is 15.7. The van der Waals surface area contributed by atoms with E-state index >= 15 is 0 Å². The first-order chi connectivity index (χ1) is 13.5. The van der Waals surface area contributed by atoms with Gasteiger partial charge in [0.1, 0.15) is 0 Å². The van der Waals surface area contributed by atoms with Crippen LogP contribution in [0.5, 0.6) is 0 Å². The highest BCUT2D eigenvalue weighted by molar-refractivity contribution is 9.10. The van der Waals surface area contributed by atoms with Crippen LogP contribution in [-0.2, 0) is 16.1 Å². The van der Waals surface area contributed by atoms with Crippen molar-refractivity contribution in [3.8, 4) is 0 Å². The lowest BCUT2D eigenvalue weighted by Gasteiger charge is -2.18. The second-order valence-corrected chi connectivity index (χ2v) is 7.65. The van der Waals surface area contributed by atoms with Crippen molar-refractivity contribution < 1.29 is 9.59 Å². The molecule has 0 radical (unpaired) electrons. The summed E-state index contributed by atoms with van der Waals surface area (Å²) in [7, 11) is 0. The smallest absolute Gasteiger partial charge is 0.204 e. The summed E-state index contributed by atoms with van der Waals surface area (Å²) in [5.74, 6) is -0.855. The number of allylic oxidation sites excluding steroid dienone is 1. The first kappa shape index (κ1) is 20.1. The van der Waals surface area contributed by atoms with Crippen molar-refractivity contribution in [1.82, 2.24) is 5.43 Å². The van der Waals surface area contributed by atoms with Crippen LogP contribution in [0.2, 0.25) is 0 Å². The number of benzene rings is 2. The monoisotopic (exact) mass is 442 g/mol. The Morgan fingerprint density at radius 1 is 1.21 bits per heavy atom. The van der Waals surface area contributed by atoms with Crippen LogP contribution < -0.4 is 21.5 Å². The summed E-state index contributed by atoms with van der Waals surface area (Å²) >= 11 is 3.41. The predicted molar refractivity (Wildman–Crippen MR) is 115 cm³/mol. The van der Waals surface area contributed by atoms with Gasteiger partial charge in [-0.1, -0.05) is 28.1 Å². The number of aldehydes is 1. The summed E-state index contributed by atoms with van der Waals surface area (Å²) in [4.78, 5) is 25.5. The van der Waals surface area contributed by atoms with Gasteiger partial charge in [-0.25, -0.2) is 0 Å². The molecule has 6 nitrogen and oxygen atoms in total. The lowest BCUT2D eigenvalue weighted by Crippen LogP contribution is -2.25. The van der Waals surface area contributed by atoms with Gasteiger partial charge in [0.05, 0.1) is 11.6 Å². The molecule has 1 atom stereocenters. The predicted octanol–water partition coefficient (Wildman–Crippen LogP) is 3.00. The number of nitrogens with two attached hydrogens (primary N) is 1. The number of hydrogen-bond donors (Lipinski definition) is 3. The number of Topliss-reactive ketones (excluding diaryl/α,β-unsaturated/α-hetero) is 1. The van der Waals surface area contributed by atoms with E-state index in [1.54, 1.807) is 0 Å². The van der Waals surface area contributed by atoms with Gasteiger partial charge in [-0.15, -0.1) is 0 Å². The van der Waals surface area contributed by atoms with E-state index in [1.165, 1.54) is 0 Å². The van der Waals surface area contributed by atoms with E-state index in [0.29, 0.717) is 25.9 Å². The zero-order chi connectivity index (χ0) is 20.1. The average Bonchev–Trinajstić information content (AvgIpc) is 3.18. The zero-order valence-electron chi connectivity index (χ0n) is 15.6. The van der Waals surface area contributed by atoms with Crippen molar-refractivity contribution in [3.63, 3.8) is 0 Å². The van der Waals surface area contributed by atoms with Crippen molar-refractivity contribution in [1.29, 1.82) is 0 Å². The Balaban J connectivity index is 1.79. The standard InChI is InChI=1S/C21H23BrN4O2/c1-14(24-25-17-6-4-16(22)5-7-17)19-11-26(12-20(19)21(28)13-27)18-8-2-15(10-23)3-9-18/h2-9,13,20,24-25H,10-12,23H2,1H3. The minimum Gasteiger partial charge on any atom is -0.366 e. The molecule has 0 bridgehead atoms. The van der Waals surface area contributed by atoms with Gasteiger partial charge in [0.25, 0.3) is 0 Å². The van der Waals surface area contributed by atoms with Crippen molar-refractivity contribution in [2.75, 3.05) is 23.4 Å². The minimum atomic E-state index is -0.453. The van der Waals surface area contributed by atoms with E-state index < -0.39 is 11.7 Å². The van der Waals surface area contributed by atoms with Crippen LogP contribution in [0.3, 0.4) is 0 Å². The molecule has 3 rings (SSSR count). The number of nitrogens with one attached hydrogen (secondary N) is 2. The molecule has 7 heteroatoms. The van der Waals surface area contributed by atoms with Crippen molar-refractivity contribution >= 4 is 39.4 Å². The number of hydrogen-bond acceptors (Lipinski definition) is 6. The zero-order valence-corrected chi connectivity index (χ0v) is 17.2. The topological polar surface area (TPSA) is 87.5 Å². The molecular weight excluding hydrogens is 420 g/mol. The highest BCUT2D eigenvalue weighted by Crippen LogP contribution is 2.30. The molecule has 1 aliphatic heterocycles. The molecule has 146 valence electrons. The molecule has 1 heterocycles. The molecule has 1 saturated heterocycles. The lowest BCUT2D eigenvalue weighted by molar-refractivity contribution is -0.131. The van der Waals surface area contributed by atoms with Crippen molar-refractivity contribution in [2.24, 2.45) is 11.7 Å². The number of hydrazine groups is 1. The summed E-state index contributed by atoms with van der Waals surface area (Å²) < 4.78 is 0.997. The number of ketones is 1. The largest absolute Gasteiger partial charge is 0.366 e. The van der Waals surface area contributed by atoms with Crippen LogP contribution in [0.15, 0.2) is 64.3 Å².